The highest BCUT2D eigenvalue weighted by atomic mass is 16.2. The van der Waals surface area contributed by atoms with Crippen LogP contribution in [-0.2, 0) is 11.2 Å². The summed E-state index contributed by atoms with van der Waals surface area (Å²) in [6.45, 7) is 2.21. The summed E-state index contributed by atoms with van der Waals surface area (Å²) < 4.78 is 0. The summed E-state index contributed by atoms with van der Waals surface area (Å²) in [7, 11) is 0. The molecule has 0 saturated carbocycles. The number of aryl methyl sites for hydroxylation is 1. The molecule has 2 N–H and O–H groups in total. The maximum atomic E-state index is 12.3. The third kappa shape index (κ3) is 2.88. The van der Waals surface area contributed by atoms with Crippen molar-refractivity contribution < 1.29 is 4.79 Å². The van der Waals surface area contributed by atoms with Gasteiger partial charge in [-0.15, -0.1) is 0 Å². The Balaban J connectivity index is 1.56. The Bertz CT molecular complexity index is 468. The van der Waals surface area contributed by atoms with Crippen LogP contribution in [0.2, 0.25) is 0 Å². The molecule has 0 spiro atoms. The number of hydrogen-bond donors (Lipinski definition) is 2. The van der Waals surface area contributed by atoms with Crippen molar-refractivity contribution in [1.82, 2.24) is 5.32 Å². The molecule has 0 aromatic heterocycles. The minimum absolute atomic E-state index is 0.161. The van der Waals surface area contributed by atoms with E-state index in [0.29, 0.717) is 12.1 Å². The number of hydrogen-bond acceptors (Lipinski definition) is 2. The fourth-order valence-corrected chi connectivity index (χ4v) is 3.48. The standard InChI is InChI=1S/C17H24N2O/c1-2-3-4-12-5-7-13(8-6-12)19-17(20)15-11-14-9-10-16(15)18-14/h5-8,14-16,18H,2-4,9-11H2,1H3,(H,19,20). The lowest BCUT2D eigenvalue weighted by Crippen LogP contribution is -2.32. The molecule has 3 rings (SSSR count). The smallest absolute Gasteiger partial charge is 0.229 e. The summed E-state index contributed by atoms with van der Waals surface area (Å²) in [5.41, 5.74) is 2.28. The van der Waals surface area contributed by atoms with Crippen LogP contribution in [-0.4, -0.2) is 18.0 Å². The largest absolute Gasteiger partial charge is 0.326 e. The summed E-state index contributed by atoms with van der Waals surface area (Å²) in [5.74, 6) is 0.347. The Morgan fingerprint density at radius 2 is 2.10 bits per heavy atom. The van der Waals surface area contributed by atoms with Gasteiger partial charge in [-0.3, -0.25) is 4.79 Å². The van der Waals surface area contributed by atoms with Crippen LogP contribution in [0.4, 0.5) is 5.69 Å². The molecule has 3 nitrogen and oxygen atoms in total. The van der Waals surface area contributed by atoms with Crippen molar-refractivity contribution in [3.05, 3.63) is 29.8 Å². The van der Waals surface area contributed by atoms with Crippen LogP contribution in [0.3, 0.4) is 0 Å². The summed E-state index contributed by atoms with van der Waals surface area (Å²) in [6, 6.07) is 9.30. The van der Waals surface area contributed by atoms with Crippen molar-refractivity contribution in [3.63, 3.8) is 0 Å². The zero-order valence-electron chi connectivity index (χ0n) is 12.2. The molecule has 3 heteroatoms. The van der Waals surface area contributed by atoms with E-state index in [9.17, 15) is 4.79 Å². The van der Waals surface area contributed by atoms with Gasteiger partial charge in [0.05, 0.1) is 5.92 Å². The monoisotopic (exact) mass is 272 g/mol. The summed E-state index contributed by atoms with van der Waals surface area (Å²) >= 11 is 0. The number of benzene rings is 1. The third-order valence-electron chi connectivity index (χ3n) is 4.68. The van der Waals surface area contributed by atoms with E-state index in [1.54, 1.807) is 0 Å². The molecule has 2 fully saturated rings. The van der Waals surface area contributed by atoms with Gasteiger partial charge >= 0.3 is 0 Å². The van der Waals surface area contributed by atoms with Crippen molar-refractivity contribution in [2.75, 3.05) is 5.32 Å². The van der Waals surface area contributed by atoms with Crippen LogP contribution in [0.1, 0.15) is 44.6 Å². The molecule has 0 radical (unpaired) electrons. The van der Waals surface area contributed by atoms with E-state index in [2.05, 4.69) is 29.7 Å². The van der Waals surface area contributed by atoms with Crippen LogP contribution in [0, 0.1) is 5.92 Å². The van der Waals surface area contributed by atoms with E-state index < -0.39 is 0 Å². The molecule has 2 saturated heterocycles. The number of carbonyl (C=O) groups excluding carboxylic acids is 1. The predicted octanol–water partition coefficient (Wildman–Crippen LogP) is 3.11. The Hall–Kier alpha value is -1.35. The van der Waals surface area contributed by atoms with Gasteiger partial charge in [0.25, 0.3) is 0 Å². The second kappa shape index (κ2) is 5.96. The van der Waals surface area contributed by atoms with E-state index in [0.717, 1.165) is 24.9 Å². The highest BCUT2D eigenvalue weighted by Crippen LogP contribution is 2.33. The first-order valence-electron chi connectivity index (χ1n) is 7.92. The predicted molar refractivity (Wildman–Crippen MR) is 81.7 cm³/mol. The topological polar surface area (TPSA) is 41.1 Å². The van der Waals surface area contributed by atoms with E-state index in [-0.39, 0.29) is 11.8 Å². The van der Waals surface area contributed by atoms with Gasteiger partial charge in [0.15, 0.2) is 0 Å². The molecule has 2 aliphatic rings. The Kier molecular flexibility index (Phi) is 4.06. The number of nitrogens with one attached hydrogen (secondary N) is 2. The molecule has 3 unspecified atom stereocenters. The molecule has 2 aliphatic heterocycles. The second-order valence-corrected chi connectivity index (χ2v) is 6.18. The van der Waals surface area contributed by atoms with Gasteiger partial charge in [0.2, 0.25) is 5.91 Å². The maximum Gasteiger partial charge on any atom is 0.229 e. The molecule has 1 aromatic rings. The van der Waals surface area contributed by atoms with Crippen LogP contribution < -0.4 is 10.6 Å². The van der Waals surface area contributed by atoms with Crippen LogP contribution in [0.15, 0.2) is 24.3 Å². The van der Waals surface area contributed by atoms with Crippen molar-refractivity contribution in [3.8, 4) is 0 Å². The minimum atomic E-state index is 0.161. The molecule has 2 heterocycles. The van der Waals surface area contributed by atoms with Crippen molar-refractivity contribution in [2.24, 2.45) is 5.92 Å². The first-order chi connectivity index (χ1) is 9.76. The lowest BCUT2D eigenvalue weighted by Gasteiger charge is -2.19. The normalized spacial score (nSPS) is 27.8. The fourth-order valence-electron chi connectivity index (χ4n) is 3.48. The van der Waals surface area contributed by atoms with E-state index in [4.69, 9.17) is 0 Å². The molecule has 20 heavy (non-hydrogen) atoms. The minimum Gasteiger partial charge on any atom is -0.326 e. The molecule has 1 aromatic carbocycles. The first kappa shape index (κ1) is 13.6. The van der Waals surface area contributed by atoms with Gasteiger partial charge < -0.3 is 10.6 Å². The molecule has 0 aliphatic carbocycles. The van der Waals surface area contributed by atoms with Gasteiger partial charge in [0.1, 0.15) is 0 Å². The number of carbonyl (C=O) groups is 1. The van der Waals surface area contributed by atoms with Crippen LogP contribution in [0.25, 0.3) is 0 Å². The van der Waals surface area contributed by atoms with E-state index in [1.165, 1.54) is 24.8 Å². The van der Waals surface area contributed by atoms with Crippen molar-refractivity contribution >= 4 is 11.6 Å². The summed E-state index contributed by atoms with van der Waals surface area (Å²) in [4.78, 5) is 12.3. The van der Waals surface area contributed by atoms with Crippen molar-refractivity contribution in [2.45, 2.75) is 57.5 Å². The number of unbranched alkanes of at least 4 members (excludes halogenated alkanes) is 1. The lowest BCUT2D eigenvalue weighted by molar-refractivity contribution is -0.120. The average molecular weight is 272 g/mol. The third-order valence-corrected chi connectivity index (χ3v) is 4.68. The number of fused-ring (bicyclic) bond motifs is 2. The summed E-state index contributed by atoms with van der Waals surface area (Å²) in [6.07, 6.45) is 6.96. The van der Waals surface area contributed by atoms with Gasteiger partial charge in [0, 0.05) is 17.8 Å². The number of amides is 1. The summed E-state index contributed by atoms with van der Waals surface area (Å²) in [5, 5.41) is 6.59. The lowest BCUT2D eigenvalue weighted by atomic mass is 9.88. The second-order valence-electron chi connectivity index (χ2n) is 6.18. The maximum absolute atomic E-state index is 12.3. The van der Waals surface area contributed by atoms with Gasteiger partial charge in [-0.1, -0.05) is 25.5 Å². The Morgan fingerprint density at radius 3 is 2.70 bits per heavy atom. The highest BCUT2D eigenvalue weighted by Gasteiger charge is 2.42. The Morgan fingerprint density at radius 1 is 1.30 bits per heavy atom. The average Bonchev–Trinajstić information content (AvgIpc) is 3.09. The van der Waals surface area contributed by atoms with Crippen molar-refractivity contribution in [1.29, 1.82) is 0 Å². The molecule has 3 atom stereocenters. The Labute approximate surface area is 121 Å². The molecule has 1 amide bonds. The number of rotatable bonds is 5. The number of anilines is 1. The molecular formula is C17H24N2O. The highest BCUT2D eigenvalue weighted by molar-refractivity contribution is 5.93. The first-order valence-corrected chi connectivity index (χ1v) is 7.92. The van der Waals surface area contributed by atoms with Crippen LogP contribution >= 0.6 is 0 Å². The zero-order valence-corrected chi connectivity index (χ0v) is 12.2. The van der Waals surface area contributed by atoms with Crippen LogP contribution in [0.5, 0.6) is 0 Å². The van der Waals surface area contributed by atoms with Gasteiger partial charge in [-0.2, -0.15) is 0 Å². The van der Waals surface area contributed by atoms with E-state index in [1.807, 2.05) is 12.1 Å². The van der Waals surface area contributed by atoms with E-state index >= 15 is 0 Å². The van der Waals surface area contributed by atoms with Gasteiger partial charge in [-0.05, 0) is 49.8 Å². The molecule has 2 bridgehead atoms. The fraction of sp³-hybridized carbons (Fsp3) is 0.588. The molecular weight excluding hydrogens is 248 g/mol. The quantitative estimate of drug-likeness (QED) is 0.864. The van der Waals surface area contributed by atoms with Gasteiger partial charge in [-0.25, -0.2) is 0 Å². The molecule has 108 valence electrons. The SMILES string of the molecule is CCCCc1ccc(NC(=O)C2CC3CCC2N3)cc1. The zero-order chi connectivity index (χ0) is 13.9.